The van der Waals surface area contributed by atoms with Gasteiger partial charge >= 0.3 is 0 Å². The number of rotatable bonds is 5. The predicted octanol–water partition coefficient (Wildman–Crippen LogP) is 3.73. The molecule has 1 atom stereocenters. The molecule has 1 amide bonds. The smallest absolute Gasteiger partial charge is 0.276 e. The van der Waals surface area contributed by atoms with Gasteiger partial charge in [-0.25, -0.2) is 4.98 Å². The van der Waals surface area contributed by atoms with Crippen molar-refractivity contribution in [2.45, 2.75) is 6.04 Å². The van der Waals surface area contributed by atoms with Gasteiger partial charge in [0, 0.05) is 36.4 Å². The molecule has 160 valence electrons. The number of benzene rings is 1. The van der Waals surface area contributed by atoms with Gasteiger partial charge in [0.15, 0.2) is 5.69 Å². The summed E-state index contributed by atoms with van der Waals surface area (Å²) in [5, 5.41) is 3.88. The van der Waals surface area contributed by atoms with Crippen LogP contribution in [-0.4, -0.2) is 53.1 Å². The number of hydrogen-bond donors (Lipinski definition) is 1. The molecule has 3 aromatic rings. The van der Waals surface area contributed by atoms with E-state index < -0.39 is 0 Å². The fourth-order valence-electron chi connectivity index (χ4n) is 3.08. The van der Waals surface area contributed by atoms with E-state index in [2.05, 4.69) is 15.3 Å². The number of nitrogens with zero attached hydrogens (tertiary/aromatic N) is 3. The zero-order chi connectivity index (χ0) is 19.3. The van der Waals surface area contributed by atoms with E-state index in [0.29, 0.717) is 42.9 Å². The summed E-state index contributed by atoms with van der Waals surface area (Å²) in [6, 6.07) is 10.7. The molecular weight excluding hydrogens is 451 g/mol. The van der Waals surface area contributed by atoms with E-state index >= 15 is 0 Å². The summed E-state index contributed by atoms with van der Waals surface area (Å²) in [5.74, 6) is 0.854. The van der Waals surface area contributed by atoms with Crippen LogP contribution in [0.5, 0.6) is 5.75 Å². The summed E-state index contributed by atoms with van der Waals surface area (Å²) in [6.45, 7) is 2.29. The third-order valence-corrected chi connectivity index (χ3v) is 4.72. The lowest BCUT2D eigenvalue weighted by Crippen LogP contribution is -2.56. The molecule has 1 saturated heterocycles. The fraction of sp³-hybridized carbons (Fsp3) is 0.250. The molecule has 0 aliphatic carbocycles. The van der Waals surface area contributed by atoms with Gasteiger partial charge in [0.2, 0.25) is 5.89 Å². The van der Waals surface area contributed by atoms with Crippen molar-refractivity contribution in [1.82, 2.24) is 20.2 Å². The molecular formula is C20H21Cl3N4O3. The Kier molecular flexibility index (Phi) is 8.92. The Hall–Kier alpha value is -2.32. The van der Waals surface area contributed by atoms with Crippen molar-refractivity contribution in [2.24, 2.45) is 0 Å². The van der Waals surface area contributed by atoms with Crippen LogP contribution in [-0.2, 0) is 0 Å². The molecule has 1 aliphatic rings. The predicted molar refractivity (Wildman–Crippen MR) is 119 cm³/mol. The Balaban J connectivity index is 0.00000160. The highest BCUT2D eigenvalue weighted by Crippen LogP contribution is 2.23. The third-order valence-electron chi connectivity index (χ3n) is 4.48. The van der Waals surface area contributed by atoms with E-state index in [1.165, 1.54) is 6.26 Å². The highest BCUT2D eigenvalue weighted by molar-refractivity contribution is 6.30. The minimum atomic E-state index is -0.182. The number of oxazole rings is 1. The zero-order valence-corrected chi connectivity index (χ0v) is 18.3. The molecule has 10 heteroatoms. The molecule has 1 unspecified atom stereocenters. The largest absolute Gasteiger partial charge is 0.490 e. The Bertz CT molecular complexity index is 955. The van der Waals surface area contributed by atoms with Crippen molar-refractivity contribution in [1.29, 1.82) is 0 Å². The van der Waals surface area contributed by atoms with Crippen molar-refractivity contribution in [2.75, 3.05) is 26.2 Å². The third kappa shape index (κ3) is 5.64. The Morgan fingerprint density at radius 2 is 2.17 bits per heavy atom. The topological polar surface area (TPSA) is 80.5 Å². The lowest BCUT2D eigenvalue weighted by molar-refractivity contribution is 0.0553. The second-order valence-corrected chi connectivity index (χ2v) is 6.84. The number of ether oxygens (including phenoxy) is 1. The summed E-state index contributed by atoms with van der Waals surface area (Å²) in [4.78, 5) is 23.2. The molecule has 0 spiro atoms. The van der Waals surface area contributed by atoms with Crippen LogP contribution in [0.3, 0.4) is 0 Å². The molecule has 30 heavy (non-hydrogen) atoms. The Morgan fingerprint density at radius 1 is 1.30 bits per heavy atom. The van der Waals surface area contributed by atoms with Gasteiger partial charge in [0.1, 0.15) is 18.6 Å². The van der Waals surface area contributed by atoms with Crippen molar-refractivity contribution in [3.63, 3.8) is 0 Å². The van der Waals surface area contributed by atoms with E-state index in [-0.39, 0.29) is 42.5 Å². The number of amides is 1. The lowest BCUT2D eigenvalue weighted by Gasteiger charge is -2.35. The van der Waals surface area contributed by atoms with E-state index in [1.807, 2.05) is 24.3 Å². The number of nitrogens with one attached hydrogen (secondary N) is 1. The average molecular weight is 472 g/mol. The number of halogens is 3. The monoisotopic (exact) mass is 470 g/mol. The average Bonchev–Trinajstić information content (AvgIpc) is 3.23. The maximum absolute atomic E-state index is 13.0. The first-order chi connectivity index (χ1) is 13.7. The lowest BCUT2D eigenvalue weighted by atomic mass is 10.2. The van der Waals surface area contributed by atoms with Crippen LogP contribution in [0.15, 0.2) is 59.5 Å². The number of carbonyl (C=O) groups excluding carboxylic acids is 1. The Morgan fingerprint density at radius 3 is 2.93 bits per heavy atom. The van der Waals surface area contributed by atoms with Crippen LogP contribution in [0.4, 0.5) is 0 Å². The van der Waals surface area contributed by atoms with Gasteiger partial charge in [-0.15, -0.1) is 24.8 Å². The molecule has 1 aromatic carbocycles. The molecule has 0 bridgehead atoms. The van der Waals surface area contributed by atoms with E-state index in [1.54, 1.807) is 29.4 Å². The maximum Gasteiger partial charge on any atom is 0.276 e. The second-order valence-electron chi connectivity index (χ2n) is 6.40. The number of aromatic nitrogens is 2. The van der Waals surface area contributed by atoms with Crippen molar-refractivity contribution < 1.29 is 13.9 Å². The van der Waals surface area contributed by atoms with Gasteiger partial charge in [-0.3, -0.25) is 9.78 Å². The van der Waals surface area contributed by atoms with Crippen molar-refractivity contribution >= 4 is 42.3 Å². The second kappa shape index (κ2) is 11.2. The summed E-state index contributed by atoms with van der Waals surface area (Å²) in [5.41, 5.74) is 0.992. The molecule has 4 rings (SSSR count). The van der Waals surface area contributed by atoms with Crippen LogP contribution in [0.25, 0.3) is 11.5 Å². The molecule has 7 nitrogen and oxygen atoms in total. The van der Waals surface area contributed by atoms with Crippen LogP contribution in [0, 0.1) is 0 Å². The number of carbonyl (C=O) groups is 1. The summed E-state index contributed by atoms with van der Waals surface area (Å²) < 4.78 is 11.3. The van der Waals surface area contributed by atoms with Gasteiger partial charge in [0.05, 0.1) is 12.2 Å². The van der Waals surface area contributed by atoms with Gasteiger partial charge < -0.3 is 19.4 Å². The summed E-state index contributed by atoms with van der Waals surface area (Å²) >= 11 is 6.02. The highest BCUT2D eigenvalue weighted by atomic mass is 35.5. The first-order valence-corrected chi connectivity index (χ1v) is 9.34. The minimum absolute atomic E-state index is 0. The van der Waals surface area contributed by atoms with E-state index in [0.717, 1.165) is 5.56 Å². The van der Waals surface area contributed by atoms with Gasteiger partial charge in [-0.1, -0.05) is 17.7 Å². The summed E-state index contributed by atoms with van der Waals surface area (Å²) in [7, 11) is 0. The number of piperazine rings is 1. The van der Waals surface area contributed by atoms with Crippen LogP contribution >= 0.6 is 36.4 Å². The Labute approximate surface area is 191 Å². The molecule has 1 fully saturated rings. The van der Waals surface area contributed by atoms with E-state index in [9.17, 15) is 4.79 Å². The van der Waals surface area contributed by atoms with Crippen LogP contribution < -0.4 is 10.1 Å². The number of hydrogen-bond acceptors (Lipinski definition) is 6. The normalized spacial score (nSPS) is 15.6. The zero-order valence-electron chi connectivity index (χ0n) is 15.9. The molecule has 1 aliphatic heterocycles. The standard InChI is InChI=1S/C20H19ClN4O3.2ClH/c21-15-4-1-3-14(9-15)19-24-18(13-28-19)20(26)25-8-7-23-10-16(25)12-27-17-5-2-6-22-11-17;;/h1-6,9,11,13,16,23H,7-8,10,12H2;2*1H. The van der Waals surface area contributed by atoms with Crippen molar-refractivity contribution in [3.05, 3.63) is 65.8 Å². The van der Waals surface area contributed by atoms with Crippen molar-refractivity contribution in [3.8, 4) is 17.2 Å². The molecule has 3 heterocycles. The van der Waals surface area contributed by atoms with Gasteiger partial charge in [0.25, 0.3) is 5.91 Å². The van der Waals surface area contributed by atoms with Gasteiger partial charge in [-0.2, -0.15) is 0 Å². The first-order valence-electron chi connectivity index (χ1n) is 8.97. The summed E-state index contributed by atoms with van der Waals surface area (Å²) in [6.07, 6.45) is 4.73. The molecule has 0 saturated carbocycles. The quantitative estimate of drug-likeness (QED) is 0.611. The molecule has 2 aromatic heterocycles. The number of pyridine rings is 1. The molecule has 0 radical (unpaired) electrons. The van der Waals surface area contributed by atoms with Crippen LogP contribution in [0.2, 0.25) is 5.02 Å². The van der Waals surface area contributed by atoms with E-state index in [4.69, 9.17) is 20.8 Å². The van der Waals surface area contributed by atoms with Crippen LogP contribution in [0.1, 0.15) is 10.5 Å². The molecule has 1 N–H and O–H groups in total. The highest BCUT2D eigenvalue weighted by Gasteiger charge is 2.30. The SMILES string of the molecule is Cl.Cl.O=C(c1coc(-c2cccc(Cl)c2)n1)N1CCNCC1COc1cccnc1. The van der Waals surface area contributed by atoms with Gasteiger partial charge in [-0.05, 0) is 30.3 Å². The minimum Gasteiger partial charge on any atom is -0.490 e. The first kappa shape index (κ1) is 24.0. The maximum atomic E-state index is 13.0. The fourth-order valence-corrected chi connectivity index (χ4v) is 3.27.